The summed E-state index contributed by atoms with van der Waals surface area (Å²) in [5.74, 6) is -1.36. The Labute approximate surface area is 174 Å². The van der Waals surface area contributed by atoms with Gasteiger partial charge in [0.15, 0.2) is 18.1 Å². The van der Waals surface area contributed by atoms with E-state index in [9.17, 15) is 14.4 Å². The number of carbonyl (C=O) groups is 3. The Morgan fingerprint density at radius 2 is 1.83 bits per heavy atom. The monoisotopic (exact) mass is 412 g/mol. The molecule has 0 radical (unpaired) electrons. The van der Waals surface area contributed by atoms with Crippen molar-refractivity contribution in [3.63, 3.8) is 0 Å². The molecule has 158 valence electrons. The predicted octanol–water partition coefficient (Wildman–Crippen LogP) is 1.61. The Morgan fingerprint density at radius 1 is 1.07 bits per heavy atom. The number of amides is 3. The van der Waals surface area contributed by atoms with Crippen molar-refractivity contribution in [3.05, 3.63) is 53.6 Å². The summed E-state index contributed by atoms with van der Waals surface area (Å²) in [7, 11) is 1.47. The van der Waals surface area contributed by atoms with E-state index in [1.54, 1.807) is 31.2 Å². The highest BCUT2D eigenvalue weighted by Gasteiger charge is 2.14. The van der Waals surface area contributed by atoms with Crippen molar-refractivity contribution in [2.24, 2.45) is 5.10 Å². The van der Waals surface area contributed by atoms with E-state index in [0.29, 0.717) is 23.5 Å². The number of carbonyl (C=O) groups excluding carboxylic acids is 3. The van der Waals surface area contributed by atoms with Gasteiger partial charge in [-0.25, -0.2) is 5.43 Å². The number of nitrogens with one attached hydrogen (secondary N) is 3. The molecule has 0 aliphatic rings. The van der Waals surface area contributed by atoms with Crippen LogP contribution in [0.3, 0.4) is 0 Å². The van der Waals surface area contributed by atoms with Gasteiger partial charge in [0.05, 0.1) is 13.3 Å². The largest absolute Gasteiger partial charge is 0.493 e. The third-order valence-corrected chi connectivity index (χ3v) is 3.91. The first-order valence-electron chi connectivity index (χ1n) is 9.22. The van der Waals surface area contributed by atoms with Gasteiger partial charge in [-0.15, -0.1) is 0 Å². The molecular weight excluding hydrogens is 388 g/mol. The predicted molar refractivity (Wildman–Crippen MR) is 113 cm³/mol. The van der Waals surface area contributed by atoms with Crippen LogP contribution in [-0.2, 0) is 14.4 Å². The minimum Gasteiger partial charge on any atom is -0.493 e. The number of hydrogen-bond acceptors (Lipinski definition) is 6. The van der Waals surface area contributed by atoms with E-state index in [1.807, 2.05) is 25.1 Å². The lowest BCUT2D eigenvalue weighted by molar-refractivity contribution is -0.139. The van der Waals surface area contributed by atoms with Crippen LogP contribution in [0.1, 0.15) is 18.1 Å². The molecule has 0 saturated heterocycles. The second-order valence-corrected chi connectivity index (χ2v) is 6.09. The Kier molecular flexibility index (Phi) is 8.37. The molecule has 0 spiro atoms. The van der Waals surface area contributed by atoms with Crippen LogP contribution in [0.15, 0.2) is 47.6 Å². The summed E-state index contributed by atoms with van der Waals surface area (Å²) < 4.78 is 10.9. The number of anilines is 1. The summed E-state index contributed by atoms with van der Waals surface area (Å²) in [6, 6.07) is 12.4. The van der Waals surface area contributed by atoms with Gasteiger partial charge in [-0.2, -0.15) is 5.10 Å². The number of likely N-dealkylation sites (N-methyl/N-ethyl adjacent to an activating group) is 1. The van der Waals surface area contributed by atoms with Crippen LogP contribution in [0.2, 0.25) is 0 Å². The Bertz CT molecular complexity index is 943. The molecule has 3 N–H and O–H groups in total. The number of nitrogens with zero attached hydrogens (tertiary/aromatic N) is 1. The lowest BCUT2D eigenvalue weighted by Crippen LogP contribution is -2.37. The van der Waals surface area contributed by atoms with E-state index in [1.165, 1.54) is 13.3 Å². The fourth-order valence-electron chi connectivity index (χ4n) is 2.44. The standard InChI is InChI=1S/C21H24N4O5/c1-4-22-20(27)21(28)25-23-12-15-9-7-11-17(29-3)19(15)30-13-18(26)24-16-10-6-5-8-14(16)2/h5-12H,4,13H2,1-3H3,(H,22,27)(H,24,26)(H,25,28)/b23-12-. The zero-order valence-corrected chi connectivity index (χ0v) is 17.0. The molecule has 0 aliphatic carbocycles. The minimum atomic E-state index is -0.893. The molecule has 2 aromatic carbocycles. The molecule has 0 heterocycles. The van der Waals surface area contributed by atoms with E-state index in [2.05, 4.69) is 21.2 Å². The third-order valence-electron chi connectivity index (χ3n) is 3.91. The number of rotatable bonds is 8. The molecule has 2 aromatic rings. The van der Waals surface area contributed by atoms with Crippen molar-refractivity contribution in [2.45, 2.75) is 13.8 Å². The van der Waals surface area contributed by atoms with E-state index in [0.717, 1.165) is 5.56 Å². The van der Waals surface area contributed by atoms with Crippen molar-refractivity contribution in [2.75, 3.05) is 25.6 Å². The van der Waals surface area contributed by atoms with Gasteiger partial charge < -0.3 is 20.1 Å². The van der Waals surface area contributed by atoms with Gasteiger partial charge in [-0.3, -0.25) is 14.4 Å². The first-order valence-corrected chi connectivity index (χ1v) is 9.22. The number of hydrazone groups is 1. The van der Waals surface area contributed by atoms with Gasteiger partial charge in [-0.1, -0.05) is 24.3 Å². The number of aryl methyl sites for hydroxylation is 1. The van der Waals surface area contributed by atoms with Crippen molar-refractivity contribution in [3.8, 4) is 11.5 Å². The van der Waals surface area contributed by atoms with Gasteiger partial charge in [0, 0.05) is 17.8 Å². The minimum absolute atomic E-state index is 0.263. The zero-order valence-electron chi connectivity index (χ0n) is 17.0. The van der Waals surface area contributed by atoms with Crippen LogP contribution in [0, 0.1) is 6.92 Å². The SMILES string of the molecule is CCNC(=O)C(=O)N/N=C\c1cccc(OC)c1OCC(=O)Nc1ccccc1C. The van der Waals surface area contributed by atoms with Crippen molar-refractivity contribution in [1.82, 2.24) is 10.7 Å². The van der Waals surface area contributed by atoms with Crippen LogP contribution < -0.4 is 25.5 Å². The molecular formula is C21H24N4O5. The molecule has 0 fully saturated rings. The molecule has 9 nitrogen and oxygen atoms in total. The summed E-state index contributed by atoms with van der Waals surface area (Å²) in [5.41, 5.74) is 4.20. The van der Waals surface area contributed by atoms with Crippen LogP contribution >= 0.6 is 0 Å². The quantitative estimate of drug-likeness (QED) is 0.346. The molecule has 0 aromatic heterocycles. The molecule has 0 atom stereocenters. The average molecular weight is 412 g/mol. The fourth-order valence-corrected chi connectivity index (χ4v) is 2.44. The topological polar surface area (TPSA) is 118 Å². The number of benzene rings is 2. The van der Waals surface area contributed by atoms with E-state index >= 15 is 0 Å². The Hall–Kier alpha value is -3.88. The van der Waals surface area contributed by atoms with Gasteiger partial charge >= 0.3 is 11.8 Å². The van der Waals surface area contributed by atoms with E-state index in [4.69, 9.17) is 9.47 Å². The molecule has 30 heavy (non-hydrogen) atoms. The van der Waals surface area contributed by atoms with E-state index in [-0.39, 0.29) is 18.3 Å². The molecule has 3 amide bonds. The summed E-state index contributed by atoms with van der Waals surface area (Å²) in [6.45, 7) is 3.65. The number of methoxy groups -OCH3 is 1. The summed E-state index contributed by atoms with van der Waals surface area (Å²) in [4.78, 5) is 35.3. The molecule has 0 aliphatic heterocycles. The summed E-state index contributed by atoms with van der Waals surface area (Å²) in [5, 5.41) is 8.91. The number of ether oxygens (including phenoxy) is 2. The van der Waals surface area contributed by atoms with Gasteiger partial charge in [0.2, 0.25) is 0 Å². The zero-order chi connectivity index (χ0) is 21.9. The number of hydrogen-bond donors (Lipinski definition) is 3. The van der Waals surface area contributed by atoms with Crippen molar-refractivity contribution in [1.29, 1.82) is 0 Å². The first-order chi connectivity index (χ1) is 14.5. The Morgan fingerprint density at radius 3 is 2.53 bits per heavy atom. The highest BCUT2D eigenvalue weighted by molar-refractivity contribution is 6.35. The first kappa shape index (κ1) is 22.4. The van der Waals surface area contributed by atoms with Gasteiger partial charge in [0.25, 0.3) is 5.91 Å². The van der Waals surface area contributed by atoms with Crippen LogP contribution in [-0.4, -0.2) is 44.2 Å². The molecule has 0 bridgehead atoms. The normalized spacial score (nSPS) is 10.4. The second-order valence-electron chi connectivity index (χ2n) is 6.09. The third kappa shape index (κ3) is 6.33. The van der Waals surface area contributed by atoms with Crippen LogP contribution in [0.5, 0.6) is 11.5 Å². The lowest BCUT2D eigenvalue weighted by Gasteiger charge is -2.13. The summed E-state index contributed by atoms with van der Waals surface area (Å²) >= 11 is 0. The summed E-state index contributed by atoms with van der Waals surface area (Å²) in [6.07, 6.45) is 1.30. The maximum atomic E-state index is 12.3. The molecule has 0 saturated carbocycles. The van der Waals surface area contributed by atoms with Crippen molar-refractivity contribution >= 4 is 29.6 Å². The van der Waals surface area contributed by atoms with Crippen molar-refractivity contribution < 1.29 is 23.9 Å². The van der Waals surface area contributed by atoms with Crippen LogP contribution in [0.4, 0.5) is 5.69 Å². The maximum absolute atomic E-state index is 12.3. The highest BCUT2D eigenvalue weighted by Crippen LogP contribution is 2.30. The maximum Gasteiger partial charge on any atom is 0.329 e. The molecule has 9 heteroatoms. The smallest absolute Gasteiger partial charge is 0.329 e. The number of para-hydroxylation sites is 2. The second kappa shape index (κ2) is 11.2. The molecule has 0 unspecified atom stereocenters. The Balaban J connectivity index is 2.07. The lowest BCUT2D eigenvalue weighted by atomic mass is 10.2. The van der Waals surface area contributed by atoms with Gasteiger partial charge in [-0.05, 0) is 37.6 Å². The van der Waals surface area contributed by atoms with Gasteiger partial charge in [0.1, 0.15) is 0 Å². The van der Waals surface area contributed by atoms with Crippen LogP contribution in [0.25, 0.3) is 0 Å². The molecule has 2 rings (SSSR count). The van der Waals surface area contributed by atoms with E-state index < -0.39 is 11.8 Å². The fraction of sp³-hybridized carbons (Fsp3) is 0.238. The average Bonchev–Trinajstić information content (AvgIpc) is 2.74. The highest BCUT2D eigenvalue weighted by atomic mass is 16.5.